The number of methoxy groups -OCH3 is 1. The summed E-state index contributed by atoms with van der Waals surface area (Å²) in [7, 11) is 1.66. The van der Waals surface area contributed by atoms with Crippen LogP contribution in [0.1, 0.15) is 29.0 Å². The maximum Gasteiger partial charge on any atom is 0.119 e. The average Bonchev–Trinajstić information content (AvgIpc) is 3.07. The molecule has 1 aliphatic heterocycles. The lowest BCUT2D eigenvalue weighted by Crippen LogP contribution is -2.40. The molecule has 130 valence electrons. The summed E-state index contributed by atoms with van der Waals surface area (Å²) >= 11 is 1.84. The van der Waals surface area contributed by atoms with E-state index in [1.165, 1.54) is 10.4 Å². The zero-order chi connectivity index (χ0) is 16.9. The zero-order valence-corrected chi connectivity index (χ0v) is 15.1. The summed E-state index contributed by atoms with van der Waals surface area (Å²) in [6.07, 6.45) is 0.604. The van der Waals surface area contributed by atoms with Crippen molar-refractivity contribution in [1.82, 2.24) is 4.90 Å². The number of thiophene rings is 1. The Hall–Kier alpha value is -1.40. The summed E-state index contributed by atoms with van der Waals surface area (Å²) in [5, 5.41) is 12.5. The summed E-state index contributed by atoms with van der Waals surface area (Å²) in [5.41, 5.74) is 2.46. The Bertz CT molecular complexity index is 658. The van der Waals surface area contributed by atoms with Crippen molar-refractivity contribution >= 4 is 11.3 Å². The second-order valence-electron chi connectivity index (χ2n) is 6.24. The Labute approximate surface area is 147 Å². The van der Waals surface area contributed by atoms with Gasteiger partial charge in [-0.15, -0.1) is 11.3 Å². The first-order valence-electron chi connectivity index (χ1n) is 8.36. The number of benzene rings is 1. The summed E-state index contributed by atoms with van der Waals surface area (Å²) in [5.74, 6) is 0.824. The highest BCUT2D eigenvalue weighted by Gasteiger charge is 2.26. The molecule has 1 N–H and O–H groups in total. The maximum absolute atomic E-state index is 10.3. The zero-order valence-electron chi connectivity index (χ0n) is 14.3. The van der Waals surface area contributed by atoms with Gasteiger partial charge in [0.2, 0.25) is 0 Å². The van der Waals surface area contributed by atoms with E-state index in [1.807, 2.05) is 35.6 Å². The highest BCUT2D eigenvalue weighted by molar-refractivity contribution is 7.10. The number of nitrogens with zero attached hydrogens (tertiary/aromatic N) is 1. The molecule has 0 amide bonds. The number of aliphatic hydroxyl groups excluding tert-OH is 1. The third kappa shape index (κ3) is 4.16. The van der Waals surface area contributed by atoms with Crippen LogP contribution in [-0.2, 0) is 17.8 Å². The average molecular weight is 347 g/mol. The van der Waals surface area contributed by atoms with Crippen molar-refractivity contribution in [3.63, 3.8) is 0 Å². The van der Waals surface area contributed by atoms with Gasteiger partial charge in [0.25, 0.3) is 0 Å². The summed E-state index contributed by atoms with van der Waals surface area (Å²) in [4.78, 5) is 3.83. The van der Waals surface area contributed by atoms with Crippen LogP contribution in [-0.4, -0.2) is 42.9 Å². The van der Waals surface area contributed by atoms with E-state index in [0.29, 0.717) is 25.8 Å². The minimum Gasteiger partial charge on any atom is -0.497 e. The van der Waals surface area contributed by atoms with E-state index in [-0.39, 0.29) is 0 Å². The van der Waals surface area contributed by atoms with Crippen LogP contribution < -0.4 is 4.74 Å². The number of hydrogen-bond donors (Lipinski definition) is 1. The Morgan fingerprint density at radius 3 is 3.08 bits per heavy atom. The minimum atomic E-state index is -0.474. The predicted octanol–water partition coefficient (Wildman–Crippen LogP) is 3.25. The van der Waals surface area contributed by atoms with E-state index in [0.717, 1.165) is 24.3 Å². The molecule has 1 aliphatic rings. The van der Waals surface area contributed by atoms with Crippen molar-refractivity contribution in [3.05, 3.63) is 51.7 Å². The van der Waals surface area contributed by atoms with Gasteiger partial charge in [0, 0.05) is 24.0 Å². The fraction of sp³-hybridized carbons (Fsp3) is 0.474. The molecule has 2 heterocycles. The lowest BCUT2D eigenvalue weighted by Gasteiger charge is -2.34. The van der Waals surface area contributed by atoms with Gasteiger partial charge in [-0.1, -0.05) is 12.1 Å². The van der Waals surface area contributed by atoms with E-state index in [1.54, 1.807) is 7.11 Å². The molecule has 2 atom stereocenters. The van der Waals surface area contributed by atoms with Gasteiger partial charge in [0.05, 0.1) is 26.4 Å². The summed E-state index contributed by atoms with van der Waals surface area (Å²) in [6, 6.07) is 10.4. The summed E-state index contributed by atoms with van der Waals surface area (Å²) < 4.78 is 10.9. The fourth-order valence-corrected chi connectivity index (χ4v) is 4.17. The second kappa shape index (κ2) is 8.12. The van der Waals surface area contributed by atoms with Crippen LogP contribution in [0.4, 0.5) is 0 Å². The Morgan fingerprint density at radius 2 is 2.25 bits per heavy atom. The lowest BCUT2D eigenvalue weighted by atomic mass is 10.0. The van der Waals surface area contributed by atoms with Gasteiger partial charge < -0.3 is 14.6 Å². The third-order valence-corrected chi connectivity index (χ3v) is 5.56. The monoisotopic (exact) mass is 347 g/mol. The molecule has 3 rings (SSSR count). The molecule has 1 aromatic carbocycles. The van der Waals surface area contributed by atoms with Crippen LogP contribution in [0.15, 0.2) is 35.7 Å². The highest BCUT2D eigenvalue weighted by Crippen LogP contribution is 2.32. The topological polar surface area (TPSA) is 41.9 Å². The smallest absolute Gasteiger partial charge is 0.119 e. The van der Waals surface area contributed by atoms with Gasteiger partial charge in [-0.3, -0.25) is 4.90 Å². The van der Waals surface area contributed by atoms with Crippen LogP contribution in [0.2, 0.25) is 0 Å². The second-order valence-corrected chi connectivity index (χ2v) is 7.24. The van der Waals surface area contributed by atoms with E-state index in [4.69, 9.17) is 9.47 Å². The van der Waals surface area contributed by atoms with E-state index in [2.05, 4.69) is 23.3 Å². The SMILES string of the molecule is COc1cccc(COC[C@@H](O)CN2CCc3sccc3[C@H]2C)c1. The summed E-state index contributed by atoms with van der Waals surface area (Å²) in [6.45, 7) is 4.69. The number of rotatable bonds is 7. The Kier molecular flexibility index (Phi) is 5.89. The van der Waals surface area contributed by atoms with Crippen LogP contribution in [0.3, 0.4) is 0 Å². The normalized spacial score (nSPS) is 19.0. The molecule has 2 aromatic rings. The van der Waals surface area contributed by atoms with Gasteiger partial charge >= 0.3 is 0 Å². The number of hydrogen-bond acceptors (Lipinski definition) is 5. The number of aliphatic hydroxyl groups is 1. The van der Waals surface area contributed by atoms with Gasteiger partial charge in [0.15, 0.2) is 0 Å². The number of fused-ring (bicyclic) bond motifs is 1. The molecule has 5 heteroatoms. The first-order chi connectivity index (χ1) is 11.7. The Balaban J connectivity index is 1.45. The van der Waals surface area contributed by atoms with Crippen LogP contribution in [0.5, 0.6) is 5.75 Å². The van der Waals surface area contributed by atoms with Crippen molar-refractivity contribution in [2.24, 2.45) is 0 Å². The van der Waals surface area contributed by atoms with Crippen molar-refractivity contribution < 1.29 is 14.6 Å². The largest absolute Gasteiger partial charge is 0.497 e. The minimum absolute atomic E-state index is 0.344. The fourth-order valence-electron chi connectivity index (χ4n) is 3.21. The lowest BCUT2D eigenvalue weighted by molar-refractivity contribution is 0.00222. The van der Waals surface area contributed by atoms with Crippen LogP contribution in [0, 0.1) is 0 Å². The number of β-amino-alcohol motifs (C(OH)–C–C–N with tert-alkyl or cyclic N) is 1. The van der Waals surface area contributed by atoms with E-state index in [9.17, 15) is 5.11 Å². The molecule has 0 aliphatic carbocycles. The van der Waals surface area contributed by atoms with E-state index >= 15 is 0 Å². The van der Waals surface area contributed by atoms with Crippen molar-refractivity contribution in [1.29, 1.82) is 0 Å². The van der Waals surface area contributed by atoms with Crippen molar-refractivity contribution in [2.75, 3.05) is 26.8 Å². The predicted molar refractivity (Wildman–Crippen MR) is 96.7 cm³/mol. The first-order valence-corrected chi connectivity index (χ1v) is 9.24. The van der Waals surface area contributed by atoms with E-state index < -0.39 is 6.10 Å². The highest BCUT2D eigenvalue weighted by atomic mass is 32.1. The molecule has 0 saturated carbocycles. The molecule has 0 saturated heterocycles. The molecule has 1 aromatic heterocycles. The number of ether oxygens (including phenoxy) is 2. The van der Waals surface area contributed by atoms with Crippen molar-refractivity contribution in [3.8, 4) is 5.75 Å². The molecule has 0 spiro atoms. The molecular weight excluding hydrogens is 322 g/mol. The Morgan fingerprint density at radius 1 is 1.38 bits per heavy atom. The molecule has 4 nitrogen and oxygen atoms in total. The van der Waals surface area contributed by atoms with Gasteiger partial charge in [-0.25, -0.2) is 0 Å². The van der Waals surface area contributed by atoms with Gasteiger partial charge in [0.1, 0.15) is 5.75 Å². The molecule has 0 bridgehead atoms. The van der Waals surface area contributed by atoms with Crippen LogP contribution >= 0.6 is 11.3 Å². The molecule has 0 fully saturated rings. The first kappa shape index (κ1) is 17.4. The van der Waals surface area contributed by atoms with Crippen LogP contribution in [0.25, 0.3) is 0 Å². The maximum atomic E-state index is 10.3. The third-order valence-electron chi connectivity index (χ3n) is 4.56. The molecule has 24 heavy (non-hydrogen) atoms. The molecular formula is C19H25NO3S. The van der Waals surface area contributed by atoms with Crippen molar-refractivity contribution in [2.45, 2.75) is 32.1 Å². The molecule has 0 unspecified atom stereocenters. The molecule has 0 radical (unpaired) electrons. The quantitative estimate of drug-likeness (QED) is 0.835. The standard InChI is InChI=1S/C19H25NO3S/c1-14-18-7-9-24-19(18)6-8-20(14)11-16(21)13-23-12-15-4-3-5-17(10-15)22-2/h3-5,7,9-10,14,16,21H,6,8,11-13H2,1-2H3/t14-,16+/m1/s1. The van der Waals surface area contributed by atoms with Gasteiger partial charge in [-0.2, -0.15) is 0 Å². The van der Waals surface area contributed by atoms with Gasteiger partial charge in [-0.05, 0) is 48.1 Å².